The summed E-state index contributed by atoms with van der Waals surface area (Å²) in [6.45, 7) is 1.57. The maximum atomic E-state index is 13.7. The summed E-state index contributed by atoms with van der Waals surface area (Å²) in [6, 6.07) is 7.15. The lowest BCUT2D eigenvalue weighted by Gasteiger charge is -2.01. The van der Waals surface area contributed by atoms with Crippen LogP contribution in [-0.4, -0.2) is 5.78 Å². The number of carbonyl (C=O) groups excluding carboxylic acids is 1. The van der Waals surface area contributed by atoms with Crippen molar-refractivity contribution in [1.82, 2.24) is 0 Å². The summed E-state index contributed by atoms with van der Waals surface area (Å²) in [5.41, 5.74) is 0.282. The highest BCUT2D eigenvalue weighted by molar-refractivity contribution is 6.10. The molecular weight excluding hydrogens is 281 g/mol. The summed E-state index contributed by atoms with van der Waals surface area (Å²) in [5, 5.41) is 0.426. The molecule has 0 amide bonds. The van der Waals surface area contributed by atoms with Crippen molar-refractivity contribution in [2.75, 3.05) is 0 Å². The number of rotatable bonds is 2. The monoisotopic (exact) mass is 290 g/mol. The van der Waals surface area contributed by atoms with Gasteiger partial charge in [-0.1, -0.05) is 6.07 Å². The molecule has 0 atom stereocenters. The van der Waals surface area contributed by atoms with Crippen LogP contribution in [-0.2, 0) is 0 Å². The molecule has 0 radical (unpaired) electrons. The highest BCUT2D eigenvalue weighted by atomic mass is 19.2. The van der Waals surface area contributed by atoms with E-state index < -0.39 is 28.8 Å². The van der Waals surface area contributed by atoms with E-state index >= 15 is 0 Å². The Kier molecular flexibility index (Phi) is 3.05. The smallest absolute Gasteiger partial charge is 0.231 e. The number of carbonyl (C=O) groups is 1. The zero-order valence-corrected chi connectivity index (χ0v) is 10.9. The quantitative estimate of drug-likeness (QED) is 0.655. The van der Waals surface area contributed by atoms with Gasteiger partial charge < -0.3 is 4.42 Å². The standard InChI is InChI=1S/C16H9F3O2/c1-8-11-7-9(17)5-6-13(11)21-16(8)15(20)10-3-2-4-12(18)14(10)19/h2-7H,1H3. The van der Waals surface area contributed by atoms with Gasteiger partial charge in [0.05, 0.1) is 5.56 Å². The molecule has 3 aromatic rings. The fraction of sp³-hybridized carbons (Fsp3) is 0.0625. The summed E-state index contributed by atoms with van der Waals surface area (Å²) in [5.74, 6) is -3.71. The lowest BCUT2D eigenvalue weighted by Crippen LogP contribution is -2.06. The van der Waals surface area contributed by atoms with Crippen molar-refractivity contribution < 1.29 is 22.4 Å². The second kappa shape index (κ2) is 4.77. The van der Waals surface area contributed by atoms with Gasteiger partial charge in [0, 0.05) is 10.9 Å². The largest absolute Gasteiger partial charge is 0.452 e. The van der Waals surface area contributed by atoms with Crippen LogP contribution in [0.2, 0.25) is 0 Å². The maximum absolute atomic E-state index is 13.7. The Labute approximate surface area is 117 Å². The van der Waals surface area contributed by atoms with Crippen LogP contribution in [0.5, 0.6) is 0 Å². The van der Waals surface area contributed by atoms with E-state index in [9.17, 15) is 18.0 Å². The normalized spacial score (nSPS) is 11.0. The van der Waals surface area contributed by atoms with Crippen LogP contribution in [0.3, 0.4) is 0 Å². The number of halogens is 3. The Bertz CT molecular complexity index is 865. The molecule has 2 nitrogen and oxygen atoms in total. The number of hydrogen-bond acceptors (Lipinski definition) is 2. The number of fused-ring (bicyclic) bond motifs is 1. The predicted molar refractivity (Wildman–Crippen MR) is 70.7 cm³/mol. The Morgan fingerprint density at radius 1 is 1.10 bits per heavy atom. The summed E-state index contributed by atoms with van der Waals surface area (Å²) in [7, 11) is 0. The van der Waals surface area contributed by atoms with Crippen molar-refractivity contribution in [3.05, 3.63) is 70.7 Å². The second-order valence-corrected chi connectivity index (χ2v) is 4.63. The van der Waals surface area contributed by atoms with Crippen molar-refractivity contribution in [1.29, 1.82) is 0 Å². The van der Waals surface area contributed by atoms with Crippen molar-refractivity contribution in [3.8, 4) is 0 Å². The third-order valence-corrected chi connectivity index (χ3v) is 3.30. The first kappa shape index (κ1) is 13.4. The molecule has 0 N–H and O–H groups in total. The van der Waals surface area contributed by atoms with Crippen molar-refractivity contribution in [2.24, 2.45) is 0 Å². The molecule has 0 unspecified atom stereocenters. The third kappa shape index (κ3) is 2.11. The average molecular weight is 290 g/mol. The van der Waals surface area contributed by atoms with E-state index in [1.54, 1.807) is 6.92 Å². The maximum Gasteiger partial charge on any atom is 0.231 e. The van der Waals surface area contributed by atoms with Crippen LogP contribution in [0.1, 0.15) is 21.7 Å². The molecule has 0 spiro atoms. The molecule has 0 saturated heterocycles. The first-order valence-electron chi connectivity index (χ1n) is 6.16. The molecule has 0 saturated carbocycles. The topological polar surface area (TPSA) is 30.2 Å². The zero-order valence-electron chi connectivity index (χ0n) is 10.9. The molecule has 21 heavy (non-hydrogen) atoms. The van der Waals surface area contributed by atoms with Gasteiger partial charge in [-0.15, -0.1) is 0 Å². The first-order chi connectivity index (χ1) is 9.99. The number of hydrogen-bond donors (Lipinski definition) is 0. The Morgan fingerprint density at radius 3 is 2.62 bits per heavy atom. The number of benzene rings is 2. The molecule has 1 aromatic heterocycles. The van der Waals surface area contributed by atoms with E-state index in [1.165, 1.54) is 30.3 Å². The minimum absolute atomic E-state index is 0.125. The molecular formula is C16H9F3O2. The van der Waals surface area contributed by atoms with E-state index in [-0.39, 0.29) is 5.76 Å². The number of aryl methyl sites for hydroxylation is 1. The third-order valence-electron chi connectivity index (χ3n) is 3.30. The summed E-state index contributed by atoms with van der Waals surface area (Å²) in [4.78, 5) is 12.3. The van der Waals surface area contributed by atoms with Gasteiger partial charge in [-0.3, -0.25) is 4.79 Å². The highest BCUT2D eigenvalue weighted by Gasteiger charge is 2.23. The van der Waals surface area contributed by atoms with E-state index in [0.717, 1.165) is 6.07 Å². The van der Waals surface area contributed by atoms with Gasteiger partial charge in [0.1, 0.15) is 11.4 Å². The first-order valence-corrected chi connectivity index (χ1v) is 6.16. The van der Waals surface area contributed by atoms with E-state index in [2.05, 4.69) is 0 Å². The molecule has 0 aliphatic carbocycles. The fourth-order valence-electron chi connectivity index (χ4n) is 2.21. The van der Waals surface area contributed by atoms with E-state index in [0.29, 0.717) is 16.5 Å². The van der Waals surface area contributed by atoms with Gasteiger partial charge in [-0.05, 0) is 37.3 Å². The van der Waals surface area contributed by atoms with Crippen LogP contribution in [0.15, 0.2) is 40.8 Å². The predicted octanol–water partition coefficient (Wildman–Crippen LogP) is 4.39. The van der Waals surface area contributed by atoms with Crippen molar-refractivity contribution in [2.45, 2.75) is 6.92 Å². The molecule has 2 aromatic carbocycles. The van der Waals surface area contributed by atoms with Gasteiger partial charge in [0.25, 0.3) is 0 Å². The molecule has 0 aliphatic heterocycles. The summed E-state index contributed by atoms with van der Waals surface area (Å²) < 4.78 is 45.5. The molecule has 3 rings (SSSR count). The van der Waals surface area contributed by atoms with E-state index in [1.807, 2.05) is 0 Å². The summed E-state index contributed by atoms with van der Waals surface area (Å²) in [6.07, 6.45) is 0. The van der Waals surface area contributed by atoms with Crippen molar-refractivity contribution in [3.63, 3.8) is 0 Å². The molecule has 5 heteroatoms. The van der Waals surface area contributed by atoms with Gasteiger partial charge in [-0.2, -0.15) is 0 Å². The number of furan rings is 1. The lowest BCUT2D eigenvalue weighted by atomic mass is 10.0. The molecule has 0 aliphatic rings. The van der Waals surface area contributed by atoms with Crippen molar-refractivity contribution >= 4 is 16.8 Å². The van der Waals surface area contributed by atoms with Gasteiger partial charge in [0.2, 0.25) is 5.78 Å². The SMILES string of the molecule is Cc1c(C(=O)c2cccc(F)c2F)oc2ccc(F)cc12. The molecule has 0 bridgehead atoms. The van der Waals surface area contributed by atoms with Crippen LogP contribution < -0.4 is 0 Å². The average Bonchev–Trinajstić information content (AvgIpc) is 2.78. The number of ketones is 1. The minimum atomic E-state index is -1.23. The van der Waals surface area contributed by atoms with Crippen LogP contribution in [0, 0.1) is 24.4 Å². The fourth-order valence-corrected chi connectivity index (χ4v) is 2.21. The highest BCUT2D eigenvalue weighted by Crippen LogP contribution is 2.28. The second-order valence-electron chi connectivity index (χ2n) is 4.63. The molecule has 0 fully saturated rings. The lowest BCUT2D eigenvalue weighted by molar-refractivity contribution is 0.101. The van der Waals surface area contributed by atoms with Gasteiger partial charge in [0.15, 0.2) is 17.4 Å². The zero-order chi connectivity index (χ0) is 15.1. The van der Waals surface area contributed by atoms with E-state index in [4.69, 9.17) is 4.42 Å². The Morgan fingerprint density at radius 2 is 1.86 bits per heavy atom. The van der Waals surface area contributed by atoms with Gasteiger partial charge in [-0.25, -0.2) is 13.2 Å². The van der Waals surface area contributed by atoms with Crippen LogP contribution >= 0.6 is 0 Å². The van der Waals surface area contributed by atoms with Crippen LogP contribution in [0.4, 0.5) is 13.2 Å². The Balaban J connectivity index is 2.18. The van der Waals surface area contributed by atoms with Crippen LogP contribution in [0.25, 0.3) is 11.0 Å². The minimum Gasteiger partial charge on any atom is -0.452 e. The van der Waals surface area contributed by atoms with Gasteiger partial charge >= 0.3 is 0 Å². The molecule has 106 valence electrons. The molecule has 1 heterocycles. The Hall–Kier alpha value is -2.56. The summed E-state index contributed by atoms with van der Waals surface area (Å²) >= 11 is 0.